The van der Waals surface area contributed by atoms with Crippen molar-refractivity contribution >= 4 is 15.9 Å². The number of pyridine rings is 1. The van der Waals surface area contributed by atoms with Gasteiger partial charge >= 0.3 is 0 Å². The smallest absolute Gasteiger partial charge is 0.0719 e. The number of hydrogen-bond donors (Lipinski definition) is 2. The molecule has 0 aliphatic heterocycles. The van der Waals surface area contributed by atoms with Crippen LogP contribution in [-0.2, 0) is 6.42 Å². The van der Waals surface area contributed by atoms with Gasteiger partial charge in [-0.3, -0.25) is 4.98 Å². The van der Waals surface area contributed by atoms with Gasteiger partial charge in [0.1, 0.15) is 0 Å². The number of nitrogens with one attached hydrogen (secondary N) is 1. The van der Waals surface area contributed by atoms with E-state index in [9.17, 15) is 5.11 Å². The van der Waals surface area contributed by atoms with Gasteiger partial charge in [-0.15, -0.1) is 0 Å². The lowest BCUT2D eigenvalue weighted by Crippen LogP contribution is -2.25. The van der Waals surface area contributed by atoms with Crippen molar-refractivity contribution in [1.82, 2.24) is 10.3 Å². The largest absolute Gasteiger partial charge is 0.391 e. The van der Waals surface area contributed by atoms with Crippen LogP contribution in [-0.4, -0.2) is 29.8 Å². The molecule has 0 spiro atoms. The number of aliphatic hydroxyl groups is 1. The molecule has 0 aliphatic carbocycles. The summed E-state index contributed by atoms with van der Waals surface area (Å²) in [5.41, 5.74) is 0.908. The molecule has 72 valence electrons. The molecule has 0 amide bonds. The molecular weight excluding hydrogens is 232 g/mol. The molecule has 1 rings (SSSR count). The number of halogens is 1. The van der Waals surface area contributed by atoms with E-state index in [0.717, 1.165) is 10.2 Å². The first-order valence-electron chi connectivity index (χ1n) is 4.15. The topological polar surface area (TPSA) is 45.1 Å². The Morgan fingerprint density at radius 3 is 2.92 bits per heavy atom. The zero-order valence-electron chi connectivity index (χ0n) is 7.50. The maximum absolute atomic E-state index is 9.46. The van der Waals surface area contributed by atoms with Crippen molar-refractivity contribution in [1.29, 1.82) is 0 Å². The van der Waals surface area contributed by atoms with Gasteiger partial charge in [0.15, 0.2) is 0 Å². The van der Waals surface area contributed by atoms with Gasteiger partial charge in [0.2, 0.25) is 0 Å². The molecular formula is C9H13BrN2O. The summed E-state index contributed by atoms with van der Waals surface area (Å²) in [5.74, 6) is 0. The zero-order chi connectivity index (χ0) is 9.68. The van der Waals surface area contributed by atoms with E-state index in [4.69, 9.17) is 0 Å². The molecule has 0 saturated carbocycles. The summed E-state index contributed by atoms with van der Waals surface area (Å²) in [6, 6.07) is 3.83. The van der Waals surface area contributed by atoms with Crippen LogP contribution >= 0.6 is 15.9 Å². The Morgan fingerprint density at radius 1 is 1.62 bits per heavy atom. The van der Waals surface area contributed by atoms with Gasteiger partial charge in [0, 0.05) is 29.3 Å². The Labute approximate surface area is 86.3 Å². The molecule has 0 bridgehead atoms. The number of aromatic nitrogens is 1. The predicted octanol–water partition coefficient (Wildman–Crippen LogP) is 0.967. The molecule has 3 nitrogen and oxygen atoms in total. The Morgan fingerprint density at radius 2 is 2.38 bits per heavy atom. The van der Waals surface area contributed by atoms with Crippen LogP contribution in [0.25, 0.3) is 0 Å². The molecule has 13 heavy (non-hydrogen) atoms. The van der Waals surface area contributed by atoms with Crippen LogP contribution in [0.2, 0.25) is 0 Å². The van der Waals surface area contributed by atoms with Crippen molar-refractivity contribution in [2.75, 3.05) is 13.6 Å². The minimum absolute atomic E-state index is 0.362. The first-order valence-corrected chi connectivity index (χ1v) is 4.94. The number of hydrogen-bond acceptors (Lipinski definition) is 3. The summed E-state index contributed by atoms with van der Waals surface area (Å²) in [5, 5.41) is 12.4. The van der Waals surface area contributed by atoms with Gasteiger partial charge in [0.05, 0.1) is 6.10 Å². The number of aliphatic hydroxyl groups excluding tert-OH is 1. The normalized spacial score (nSPS) is 12.8. The Hall–Kier alpha value is -0.450. The van der Waals surface area contributed by atoms with Crippen LogP contribution in [0.3, 0.4) is 0 Å². The van der Waals surface area contributed by atoms with E-state index in [1.165, 1.54) is 0 Å². The van der Waals surface area contributed by atoms with E-state index in [-0.39, 0.29) is 6.10 Å². The third kappa shape index (κ3) is 3.85. The molecule has 0 aromatic carbocycles. The highest BCUT2D eigenvalue weighted by Crippen LogP contribution is 2.08. The van der Waals surface area contributed by atoms with Crippen molar-refractivity contribution in [3.05, 3.63) is 28.5 Å². The second-order valence-corrected chi connectivity index (χ2v) is 3.80. The van der Waals surface area contributed by atoms with Crippen molar-refractivity contribution < 1.29 is 5.11 Å². The summed E-state index contributed by atoms with van der Waals surface area (Å²) >= 11 is 3.31. The molecule has 0 radical (unpaired) electrons. The Balaban J connectivity index is 2.49. The van der Waals surface area contributed by atoms with Crippen molar-refractivity contribution in [2.45, 2.75) is 12.5 Å². The van der Waals surface area contributed by atoms with Gasteiger partial charge in [-0.25, -0.2) is 0 Å². The fourth-order valence-corrected chi connectivity index (χ4v) is 1.31. The van der Waals surface area contributed by atoms with E-state index < -0.39 is 0 Å². The van der Waals surface area contributed by atoms with E-state index in [2.05, 4.69) is 26.2 Å². The fourth-order valence-electron chi connectivity index (χ4n) is 1.08. The number of rotatable bonds is 4. The SMILES string of the molecule is CNCC(O)Cc1ccc(Br)cn1. The summed E-state index contributed by atoms with van der Waals surface area (Å²) in [7, 11) is 1.82. The Kier molecular flexibility index (Phi) is 4.35. The van der Waals surface area contributed by atoms with E-state index in [0.29, 0.717) is 13.0 Å². The summed E-state index contributed by atoms with van der Waals surface area (Å²) in [6.07, 6.45) is 1.97. The average Bonchev–Trinajstić information content (AvgIpc) is 2.09. The summed E-state index contributed by atoms with van der Waals surface area (Å²) in [6.45, 7) is 0.595. The van der Waals surface area contributed by atoms with Gasteiger partial charge in [-0.1, -0.05) is 0 Å². The molecule has 1 aromatic heterocycles. The lowest BCUT2D eigenvalue weighted by molar-refractivity contribution is 0.173. The third-order valence-corrected chi connectivity index (χ3v) is 2.14. The van der Waals surface area contributed by atoms with Crippen molar-refractivity contribution in [3.8, 4) is 0 Å². The van der Waals surface area contributed by atoms with Crippen LogP contribution < -0.4 is 5.32 Å². The first-order chi connectivity index (χ1) is 6.22. The lowest BCUT2D eigenvalue weighted by Gasteiger charge is -2.08. The minimum Gasteiger partial charge on any atom is -0.391 e. The lowest BCUT2D eigenvalue weighted by atomic mass is 10.2. The summed E-state index contributed by atoms with van der Waals surface area (Å²) in [4.78, 5) is 4.17. The van der Waals surface area contributed by atoms with Crippen molar-refractivity contribution in [3.63, 3.8) is 0 Å². The maximum atomic E-state index is 9.46. The van der Waals surface area contributed by atoms with Crippen LogP contribution in [0.15, 0.2) is 22.8 Å². The Bertz CT molecular complexity index is 250. The second kappa shape index (κ2) is 5.32. The van der Waals surface area contributed by atoms with Crippen LogP contribution in [0, 0.1) is 0 Å². The zero-order valence-corrected chi connectivity index (χ0v) is 9.08. The monoisotopic (exact) mass is 244 g/mol. The quantitative estimate of drug-likeness (QED) is 0.830. The predicted molar refractivity (Wildman–Crippen MR) is 55.6 cm³/mol. The maximum Gasteiger partial charge on any atom is 0.0719 e. The van der Waals surface area contributed by atoms with Gasteiger partial charge in [-0.05, 0) is 35.1 Å². The van der Waals surface area contributed by atoms with Crippen molar-refractivity contribution in [2.24, 2.45) is 0 Å². The standard InChI is InChI=1S/C9H13BrN2O/c1-11-6-9(13)4-8-3-2-7(10)5-12-8/h2-3,5,9,11,13H,4,6H2,1H3. The van der Waals surface area contributed by atoms with E-state index >= 15 is 0 Å². The van der Waals surface area contributed by atoms with Gasteiger partial charge in [-0.2, -0.15) is 0 Å². The van der Waals surface area contributed by atoms with Gasteiger partial charge < -0.3 is 10.4 Å². The third-order valence-electron chi connectivity index (χ3n) is 1.67. The van der Waals surface area contributed by atoms with E-state index in [1.54, 1.807) is 6.20 Å². The highest BCUT2D eigenvalue weighted by Gasteiger charge is 2.04. The summed E-state index contributed by atoms with van der Waals surface area (Å²) < 4.78 is 0.958. The van der Waals surface area contributed by atoms with Crippen LogP contribution in [0.4, 0.5) is 0 Å². The highest BCUT2D eigenvalue weighted by molar-refractivity contribution is 9.10. The molecule has 2 N–H and O–H groups in total. The minimum atomic E-state index is -0.362. The number of likely N-dealkylation sites (N-methyl/N-ethyl adjacent to an activating group) is 1. The molecule has 1 heterocycles. The molecule has 0 saturated heterocycles. The molecule has 4 heteroatoms. The number of nitrogens with zero attached hydrogens (tertiary/aromatic N) is 1. The first kappa shape index (κ1) is 10.6. The average molecular weight is 245 g/mol. The highest BCUT2D eigenvalue weighted by atomic mass is 79.9. The van der Waals surface area contributed by atoms with Crippen LogP contribution in [0.5, 0.6) is 0 Å². The second-order valence-electron chi connectivity index (χ2n) is 2.88. The van der Waals surface area contributed by atoms with Crippen LogP contribution in [0.1, 0.15) is 5.69 Å². The molecule has 1 aromatic rings. The molecule has 0 aliphatic rings. The molecule has 0 fully saturated rings. The molecule has 1 atom stereocenters. The van der Waals surface area contributed by atoms with Gasteiger partial charge in [0.25, 0.3) is 0 Å². The fraction of sp³-hybridized carbons (Fsp3) is 0.444. The van der Waals surface area contributed by atoms with E-state index in [1.807, 2.05) is 19.2 Å². The molecule has 1 unspecified atom stereocenters.